The first-order chi connectivity index (χ1) is 1.73. The van der Waals surface area contributed by atoms with E-state index in [1.807, 2.05) is 0 Å². The Kier molecular flexibility index (Phi) is 68.2. The van der Waals surface area contributed by atoms with Gasteiger partial charge in [0.2, 0.25) is 0 Å². The third kappa shape index (κ3) is 15200. The highest BCUT2D eigenvalue weighted by Crippen LogP contribution is 1.42. The fourth-order valence-electron chi connectivity index (χ4n) is 0. The third-order valence-electron chi connectivity index (χ3n) is 0. The zero-order chi connectivity index (χ0) is 3.58. The summed E-state index contributed by atoms with van der Waals surface area (Å²) in [6, 6.07) is 0. The van der Waals surface area contributed by atoms with Crippen molar-refractivity contribution in [3.05, 3.63) is 0 Å². The summed E-state index contributed by atoms with van der Waals surface area (Å²) in [5.41, 5.74) is 0. The lowest BCUT2D eigenvalue weighted by Crippen LogP contribution is -1.78. The topological polar surface area (TPSA) is 100 Å². The summed E-state index contributed by atoms with van der Waals surface area (Å²) in [5.74, 6) is -0.833. The van der Waals surface area contributed by atoms with E-state index in [4.69, 9.17) is 9.90 Å². The van der Waals surface area contributed by atoms with E-state index < -0.39 is 5.97 Å². The summed E-state index contributed by atoms with van der Waals surface area (Å²) < 4.78 is 0. The van der Waals surface area contributed by atoms with Crippen molar-refractivity contribution in [2.75, 3.05) is 0 Å². The van der Waals surface area contributed by atoms with Crippen LogP contribution in [0.5, 0.6) is 0 Å². The molecule has 5 N–H and O–H groups in total. The number of hydrogen-bond donors (Lipinski definition) is 1. The molecule has 0 spiro atoms. The Balaban J connectivity index is -0.0000000150. The lowest BCUT2D eigenvalue weighted by atomic mass is 10.9. The molecule has 7 heavy (non-hydrogen) atoms. The number of carboxylic acid groups (broad SMARTS) is 1. The molecule has 0 aliphatic carbocycles. The molecule has 0 aromatic rings. The minimum atomic E-state index is -0.833. The predicted molar refractivity (Wildman–Crippen MR) is 27.7 cm³/mol. The summed E-state index contributed by atoms with van der Waals surface area (Å²) in [6.07, 6.45) is 0. The molecule has 0 atom stereocenters. The first-order valence-corrected chi connectivity index (χ1v) is 0.928. The van der Waals surface area contributed by atoms with Gasteiger partial charge in [0.1, 0.15) is 0 Å². The Morgan fingerprint density at radius 1 is 1.43 bits per heavy atom. The molecule has 0 bridgehead atoms. The molecule has 5 heteroatoms. The fraction of sp³-hybridized carbons (Fsp3) is 0.500. The van der Waals surface area contributed by atoms with Crippen molar-refractivity contribution in [2.45, 2.75) is 6.92 Å². The molecule has 0 aliphatic heterocycles. The highest BCUT2D eigenvalue weighted by molar-refractivity contribution is 5.75. The summed E-state index contributed by atoms with van der Waals surface area (Å²) in [7, 11) is 0. The van der Waals surface area contributed by atoms with E-state index in [1.54, 1.807) is 0 Å². The van der Waals surface area contributed by atoms with Crippen LogP contribution in [-0.4, -0.2) is 39.4 Å². The molecule has 0 heterocycles. The molecule has 0 saturated carbocycles. The Labute approximate surface area is 51.9 Å². The van der Waals surface area contributed by atoms with Crippen molar-refractivity contribution in [1.29, 1.82) is 0 Å². The van der Waals surface area contributed by atoms with Crippen LogP contribution in [0, 0.1) is 0 Å². The molecule has 4 nitrogen and oxygen atoms in total. The molecule has 44 valence electrons. The molecule has 0 saturated heterocycles. The summed E-state index contributed by atoms with van der Waals surface area (Å²) in [5, 5.41) is 7.42. The number of carbonyl (C=O) groups is 1. The van der Waals surface area contributed by atoms with Crippen LogP contribution in [0.3, 0.4) is 0 Å². The lowest BCUT2D eigenvalue weighted by Gasteiger charge is -1.59. The Morgan fingerprint density at radius 2 is 1.43 bits per heavy atom. The Hall–Kier alpha value is -0.0775. The minimum absolute atomic E-state index is 0. The van der Waals surface area contributed by atoms with E-state index in [-0.39, 0.29) is 28.3 Å². The van der Waals surface area contributed by atoms with Crippen molar-refractivity contribution in [3.8, 4) is 0 Å². The summed E-state index contributed by atoms with van der Waals surface area (Å²) >= 11 is 0. The molecule has 0 aromatic carbocycles. The zero-order valence-corrected chi connectivity index (χ0v) is 5.48. The molecular weight excluding hydrogens is 115 g/mol. The average molecular weight is 124 g/mol. The molecule has 2 radical (unpaired) electrons. The van der Waals surface area contributed by atoms with Gasteiger partial charge < -0.3 is 16.1 Å². The monoisotopic (exact) mass is 124 g/mol. The van der Waals surface area contributed by atoms with Crippen molar-refractivity contribution >= 4 is 23.3 Å². The van der Waals surface area contributed by atoms with E-state index in [1.165, 1.54) is 0 Å². The van der Waals surface area contributed by atoms with Crippen molar-refractivity contribution in [1.82, 2.24) is 0 Å². The van der Waals surface area contributed by atoms with Gasteiger partial charge in [-0.05, 0) is 0 Å². The Morgan fingerprint density at radius 3 is 1.43 bits per heavy atom. The normalized spacial score (nSPS) is 3.57. The highest BCUT2D eigenvalue weighted by atomic mass is 27.0. The first-order valence-electron chi connectivity index (χ1n) is 0.928. The molecule has 0 unspecified atom stereocenters. The minimum Gasteiger partial charge on any atom is -0.481 e. The quantitative estimate of drug-likeness (QED) is 0.370. The highest BCUT2D eigenvalue weighted by Gasteiger charge is 1.65. The second-order valence-electron chi connectivity index (χ2n) is 0.519. The van der Waals surface area contributed by atoms with Crippen LogP contribution >= 0.6 is 0 Å². The second-order valence-corrected chi connectivity index (χ2v) is 0.519. The van der Waals surface area contributed by atoms with Gasteiger partial charge in [0.25, 0.3) is 5.97 Å². The molecular formula is C2H9AlO4. The lowest BCUT2D eigenvalue weighted by molar-refractivity contribution is -0.134. The number of hydrogen-bond acceptors (Lipinski definition) is 1. The van der Waals surface area contributed by atoms with Crippen LogP contribution in [0.15, 0.2) is 0 Å². The van der Waals surface area contributed by atoms with Gasteiger partial charge in [0, 0.05) is 6.92 Å². The largest absolute Gasteiger partial charge is 0.481 e. The van der Waals surface area contributed by atoms with Gasteiger partial charge >= 0.3 is 0 Å². The van der Waals surface area contributed by atoms with Crippen LogP contribution in [0.2, 0.25) is 0 Å². The smallest absolute Gasteiger partial charge is 0.300 e. The molecule has 0 aromatic heterocycles. The number of rotatable bonds is 0. The third-order valence-corrected chi connectivity index (χ3v) is 0. The molecule has 0 fully saturated rings. The van der Waals surface area contributed by atoms with Crippen LogP contribution in [-0.2, 0) is 4.79 Å². The molecule has 0 amide bonds. The number of carboxylic acids is 1. The number of aliphatic carboxylic acids is 1. The van der Waals surface area contributed by atoms with Crippen LogP contribution in [0.1, 0.15) is 6.92 Å². The van der Waals surface area contributed by atoms with Gasteiger partial charge in [0.15, 0.2) is 0 Å². The zero-order valence-electron chi connectivity index (χ0n) is 4.06. The maximum atomic E-state index is 9.00. The van der Waals surface area contributed by atoms with Gasteiger partial charge in [-0.2, -0.15) is 0 Å². The van der Waals surface area contributed by atoms with E-state index in [0.29, 0.717) is 0 Å². The van der Waals surface area contributed by atoms with Crippen molar-refractivity contribution in [2.24, 2.45) is 0 Å². The van der Waals surface area contributed by atoms with Crippen LogP contribution < -0.4 is 0 Å². The standard InChI is InChI=1S/C2H4O2.Al.2H2O.H/c1-2(3)4;;;;/h1H3,(H,3,4);;2*1H2;. The van der Waals surface area contributed by atoms with E-state index in [0.717, 1.165) is 6.92 Å². The Bertz CT molecular complexity index is 32.7. The van der Waals surface area contributed by atoms with Gasteiger partial charge in [-0.1, -0.05) is 0 Å². The van der Waals surface area contributed by atoms with Gasteiger partial charge in [0.05, 0.1) is 17.4 Å². The SMILES string of the molecule is CC(=O)O.O.O.[AlH]. The van der Waals surface area contributed by atoms with E-state index >= 15 is 0 Å². The second kappa shape index (κ2) is 16.8. The summed E-state index contributed by atoms with van der Waals surface area (Å²) in [4.78, 5) is 9.00. The van der Waals surface area contributed by atoms with Gasteiger partial charge in [-0.25, -0.2) is 0 Å². The fourth-order valence-corrected chi connectivity index (χ4v) is 0. The molecule has 0 aliphatic rings. The maximum absolute atomic E-state index is 9.00. The van der Waals surface area contributed by atoms with Crippen LogP contribution in [0.4, 0.5) is 0 Å². The maximum Gasteiger partial charge on any atom is 0.300 e. The van der Waals surface area contributed by atoms with Crippen LogP contribution in [0.25, 0.3) is 0 Å². The van der Waals surface area contributed by atoms with Gasteiger partial charge in [-0.15, -0.1) is 0 Å². The van der Waals surface area contributed by atoms with Crippen molar-refractivity contribution in [3.63, 3.8) is 0 Å². The van der Waals surface area contributed by atoms with E-state index in [2.05, 4.69) is 0 Å². The van der Waals surface area contributed by atoms with Gasteiger partial charge in [-0.3, -0.25) is 4.79 Å². The molecule has 0 rings (SSSR count). The average Bonchev–Trinajstić information content (AvgIpc) is 0.811. The summed E-state index contributed by atoms with van der Waals surface area (Å²) in [6.45, 7) is 1.08. The first kappa shape index (κ1) is 28.4. The predicted octanol–water partition coefficient (Wildman–Crippen LogP) is -2.21. The van der Waals surface area contributed by atoms with E-state index in [9.17, 15) is 0 Å². The van der Waals surface area contributed by atoms with Crippen molar-refractivity contribution < 1.29 is 20.9 Å².